The quantitative estimate of drug-likeness (QED) is 0.714. The second-order valence-electron chi connectivity index (χ2n) is 3.33. The normalized spacial score (nSPS) is 12.9. The summed E-state index contributed by atoms with van der Waals surface area (Å²) in [5.74, 6) is -1.20. The number of carboxylic acid groups (broad SMARTS) is 1. The summed E-state index contributed by atoms with van der Waals surface area (Å²) in [4.78, 5) is 11.2. The van der Waals surface area contributed by atoms with Gasteiger partial charge in [-0.1, -0.05) is 23.7 Å². The maximum Gasteiger partial charge on any atom is 0.338 e. The Labute approximate surface area is 91.4 Å². The molecule has 5 heteroatoms. The molecular formula is C10H9BO3S. The highest BCUT2D eigenvalue weighted by molar-refractivity contribution is 7.20. The van der Waals surface area contributed by atoms with E-state index in [1.54, 1.807) is 0 Å². The number of carboxylic acids is 1. The summed E-state index contributed by atoms with van der Waals surface area (Å²) >= 11 is 1.33. The number of hydrogen-bond donors (Lipinski definition) is 2. The van der Waals surface area contributed by atoms with Crippen molar-refractivity contribution < 1.29 is 15.0 Å². The lowest BCUT2D eigenvalue weighted by atomic mass is 9.91. The predicted molar refractivity (Wildman–Crippen MR) is 62.6 cm³/mol. The molecule has 0 aliphatic rings. The molecule has 0 fully saturated rings. The fourth-order valence-electron chi connectivity index (χ4n) is 1.57. The van der Waals surface area contributed by atoms with Crippen LogP contribution in [-0.2, 0) is 4.79 Å². The fourth-order valence-corrected chi connectivity index (χ4v) is 2.76. The number of thiophene rings is 1. The molecule has 0 aliphatic heterocycles. The molecule has 2 aromatic rings. The SMILES string of the molecule is Bc1c(C(O)C(=O)O)sc2ccccc12. The van der Waals surface area contributed by atoms with Gasteiger partial charge in [0.05, 0.1) is 0 Å². The van der Waals surface area contributed by atoms with E-state index in [4.69, 9.17) is 5.11 Å². The minimum Gasteiger partial charge on any atom is -0.479 e. The van der Waals surface area contributed by atoms with Gasteiger partial charge in [0, 0.05) is 9.58 Å². The first-order chi connectivity index (χ1) is 7.11. The Bertz CT molecular complexity index is 520. The smallest absolute Gasteiger partial charge is 0.338 e. The maximum absolute atomic E-state index is 10.7. The lowest BCUT2D eigenvalue weighted by molar-refractivity contribution is -0.146. The molecule has 0 amide bonds. The van der Waals surface area contributed by atoms with Crippen molar-refractivity contribution in [2.45, 2.75) is 6.10 Å². The van der Waals surface area contributed by atoms with Gasteiger partial charge in [0.25, 0.3) is 0 Å². The van der Waals surface area contributed by atoms with Gasteiger partial charge in [-0.15, -0.1) is 11.3 Å². The van der Waals surface area contributed by atoms with Gasteiger partial charge in [-0.2, -0.15) is 0 Å². The molecule has 0 aliphatic carbocycles. The van der Waals surface area contributed by atoms with Crippen molar-refractivity contribution in [3.8, 4) is 0 Å². The van der Waals surface area contributed by atoms with E-state index in [2.05, 4.69) is 0 Å². The highest BCUT2D eigenvalue weighted by atomic mass is 32.1. The summed E-state index contributed by atoms with van der Waals surface area (Å²) in [6.45, 7) is 0. The van der Waals surface area contributed by atoms with Gasteiger partial charge >= 0.3 is 5.97 Å². The summed E-state index contributed by atoms with van der Waals surface area (Å²) < 4.78 is 1.00. The minimum atomic E-state index is -1.41. The monoisotopic (exact) mass is 220 g/mol. The molecule has 0 radical (unpaired) electrons. The topological polar surface area (TPSA) is 57.5 Å². The zero-order valence-electron chi connectivity index (χ0n) is 8.10. The van der Waals surface area contributed by atoms with Crippen LogP contribution in [0, 0.1) is 0 Å². The van der Waals surface area contributed by atoms with E-state index >= 15 is 0 Å². The number of fused-ring (bicyclic) bond motifs is 1. The molecule has 0 saturated heterocycles. The Morgan fingerprint density at radius 2 is 2.07 bits per heavy atom. The third-order valence-electron chi connectivity index (χ3n) is 2.36. The number of aliphatic hydroxyl groups is 1. The van der Waals surface area contributed by atoms with Crippen LogP contribution < -0.4 is 5.46 Å². The molecule has 15 heavy (non-hydrogen) atoms. The fraction of sp³-hybridized carbons (Fsp3) is 0.100. The van der Waals surface area contributed by atoms with Crippen LogP contribution in [0.2, 0.25) is 0 Å². The Morgan fingerprint density at radius 1 is 1.40 bits per heavy atom. The van der Waals surface area contributed by atoms with Crippen LogP contribution in [-0.4, -0.2) is 24.0 Å². The molecule has 2 N–H and O–H groups in total. The largest absolute Gasteiger partial charge is 0.479 e. The summed E-state index contributed by atoms with van der Waals surface area (Å²) in [7, 11) is 1.83. The molecule has 0 saturated carbocycles. The number of rotatable bonds is 2. The standard InChI is InChI=1S/C10H9BO3S/c11-7-5-3-1-2-4-6(5)15-9(7)8(12)10(13)14/h1-4,8,12H,11H2,(H,13,14). The lowest BCUT2D eigenvalue weighted by Gasteiger charge is -2.03. The van der Waals surface area contributed by atoms with Gasteiger partial charge in [0.15, 0.2) is 6.10 Å². The van der Waals surface area contributed by atoms with Gasteiger partial charge in [-0.3, -0.25) is 0 Å². The average molecular weight is 220 g/mol. The maximum atomic E-state index is 10.7. The van der Waals surface area contributed by atoms with Crippen LogP contribution in [0.1, 0.15) is 11.0 Å². The van der Waals surface area contributed by atoms with Crippen molar-refractivity contribution in [2.75, 3.05) is 0 Å². The highest BCUT2D eigenvalue weighted by Crippen LogP contribution is 2.27. The first-order valence-electron chi connectivity index (χ1n) is 4.50. The molecule has 1 heterocycles. The third kappa shape index (κ3) is 1.64. The van der Waals surface area contributed by atoms with E-state index in [9.17, 15) is 9.90 Å². The number of carbonyl (C=O) groups is 1. The molecule has 3 nitrogen and oxygen atoms in total. The van der Waals surface area contributed by atoms with Crippen LogP contribution in [0.3, 0.4) is 0 Å². The number of aliphatic hydroxyl groups excluding tert-OH is 1. The molecule has 0 spiro atoms. The van der Waals surface area contributed by atoms with E-state index in [-0.39, 0.29) is 0 Å². The van der Waals surface area contributed by atoms with Crippen LogP contribution in [0.5, 0.6) is 0 Å². The molecule has 1 aromatic heterocycles. The first kappa shape index (κ1) is 10.2. The number of hydrogen-bond acceptors (Lipinski definition) is 3. The Morgan fingerprint density at radius 3 is 2.67 bits per heavy atom. The molecule has 1 unspecified atom stereocenters. The summed E-state index contributed by atoms with van der Waals surface area (Å²) in [6.07, 6.45) is -1.41. The van der Waals surface area contributed by atoms with E-state index in [1.807, 2.05) is 32.1 Å². The minimum absolute atomic E-state index is 0.517. The highest BCUT2D eigenvalue weighted by Gasteiger charge is 2.21. The van der Waals surface area contributed by atoms with Crippen LogP contribution >= 0.6 is 11.3 Å². The van der Waals surface area contributed by atoms with E-state index < -0.39 is 12.1 Å². The van der Waals surface area contributed by atoms with Crippen molar-refractivity contribution in [2.24, 2.45) is 0 Å². The third-order valence-corrected chi connectivity index (χ3v) is 3.69. The summed E-state index contributed by atoms with van der Waals surface area (Å²) in [5.41, 5.74) is 0.852. The molecule has 2 rings (SSSR count). The zero-order valence-corrected chi connectivity index (χ0v) is 8.91. The number of benzene rings is 1. The van der Waals surface area contributed by atoms with E-state index in [0.29, 0.717) is 4.88 Å². The molecule has 76 valence electrons. The van der Waals surface area contributed by atoms with Crippen LogP contribution in [0.4, 0.5) is 0 Å². The molecular weight excluding hydrogens is 211 g/mol. The zero-order chi connectivity index (χ0) is 11.0. The first-order valence-corrected chi connectivity index (χ1v) is 5.32. The predicted octanol–water partition coefficient (Wildman–Crippen LogP) is 0.278. The molecule has 1 aromatic carbocycles. The van der Waals surface area contributed by atoms with Crippen molar-refractivity contribution in [3.05, 3.63) is 29.1 Å². The van der Waals surface area contributed by atoms with Gasteiger partial charge in [0.1, 0.15) is 7.85 Å². The van der Waals surface area contributed by atoms with E-state index in [1.165, 1.54) is 11.3 Å². The lowest BCUT2D eigenvalue weighted by Crippen LogP contribution is -2.17. The second kappa shape index (κ2) is 3.68. The Hall–Kier alpha value is -1.33. The van der Waals surface area contributed by atoms with Crippen molar-refractivity contribution in [1.29, 1.82) is 0 Å². The van der Waals surface area contributed by atoms with Crippen LogP contribution in [0.15, 0.2) is 24.3 Å². The van der Waals surface area contributed by atoms with E-state index in [0.717, 1.165) is 15.5 Å². The van der Waals surface area contributed by atoms with Gasteiger partial charge in [-0.25, -0.2) is 4.79 Å². The van der Waals surface area contributed by atoms with Crippen molar-refractivity contribution in [3.63, 3.8) is 0 Å². The molecule has 0 bridgehead atoms. The summed E-state index contributed by atoms with van der Waals surface area (Å²) in [5, 5.41) is 19.2. The average Bonchev–Trinajstić information content (AvgIpc) is 2.56. The Balaban J connectivity index is 2.63. The van der Waals surface area contributed by atoms with Gasteiger partial charge in [-0.05, 0) is 11.5 Å². The van der Waals surface area contributed by atoms with Gasteiger partial charge in [0.2, 0.25) is 0 Å². The second-order valence-corrected chi connectivity index (χ2v) is 4.41. The van der Waals surface area contributed by atoms with Crippen molar-refractivity contribution >= 4 is 40.7 Å². The van der Waals surface area contributed by atoms with Crippen LogP contribution in [0.25, 0.3) is 10.1 Å². The van der Waals surface area contributed by atoms with Crippen molar-refractivity contribution in [1.82, 2.24) is 0 Å². The number of aliphatic carboxylic acids is 1. The Kier molecular flexibility index (Phi) is 2.50. The molecule has 1 atom stereocenters. The van der Waals surface area contributed by atoms with Gasteiger partial charge < -0.3 is 10.2 Å². The summed E-state index contributed by atoms with van der Waals surface area (Å²) in [6, 6.07) is 7.65.